The van der Waals surface area contributed by atoms with Crippen LogP contribution >= 0.6 is 11.6 Å². The van der Waals surface area contributed by atoms with Crippen LogP contribution in [0.5, 0.6) is 5.75 Å². The first-order valence-electron chi connectivity index (χ1n) is 11.2. The summed E-state index contributed by atoms with van der Waals surface area (Å²) < 4.78 is 9.70. The maximum Gasteiger partial charge on any atom is 0.336 e. The van der Waals surface area contributed by atoms with Crippen molar-refractivity contribution in [1.29, 1.82) is 0 Å². The molecule has 0 bridgehead atoms. The molecule has 1 aliphatic rings. The van der Waals surface area contributed by atoms with Gasteiger partial charge in [-0.3, -0.25) is 14.2 Å². The Labute approximate surface area is 200 Å². The Morgan fingerprint density at radius 2 is 1.79 bits per heavy atom. The Hall–Kier alpha value is -3.52. The number of carbonyl (C=O) groups is 1. The van der Waals surface area contributed by atoms with Crippen molar-refractivity contribution in [2.75, 3.05) is 20.2 Å². The molecule has 5 rings (SSSR count). The van der Waals surface area contributed by atoms with Crippen LogP contribution in [0, 0.1) is 6.92 Å². The highest BCUT2D eigenvalue weighted by Gasteiger charge is 2.25. The van der Waals surface area contributed by atoms with Crippen LogP contribution in [-0.4, -0.2) is 44.7 Å². The lowest BCUT2D eigenvalue weighted by Crippen LogP contribution is -2.42. The maximum absolute atomic E-state index is 13.9. The normalized spacial score (nSPS) is 13.8. The van der Waals surface area contributed by atoms with Crippen molar-refractivity contribution in [2.45, 2.75) is 26.3 Å². The van der Waals surface area contributed by atoms with Crippen LogP contribution in [-0.2, 0) is 18.4 Å². The van der Waals surface area contributed by atoms with Gasteiger partial charge in [-0.05, 0) is 55.7 Å². The smallest absolute Gasteiger partial charge is 0.336 e. The number of nitrogens with zero attached hydrogens (tertiary/aromatic N) is 4. The fourth-order valence-electron chi connectivity index (χ4n) is 4.84. The second-order valence-electron chi connectivity index (χ2n) is 8.67. The number of amides is 1. The van der Waals surface area contributed by atoms with Gasteiger partial charge >= 0.3 is 5.69 Å². The Bertz CT molecular complexity index is 1570. The van der Waals surface area contributed by atoms with E-state index in [1.54, 1.807) is 54.0 Å². The molecule has 0 atom stereocenters. The van der Waals surface area contributed by atoms with Gasteiger partial charge in [-0.25, -0.2) is 9.36 Å². The quantitative estimate of drug-likeness (QED) is 0.449. The summed E-state index contributed by atoms with van der Waals surface area (Å²) in [7, 11) is 3.34. The predicted octanol–water partition coefficient (Wildman–Crippen LogP) is 3.24. The first kappa shape index (κ1) is 22.3. The summed E-state index contributed by atoms with van der Waals surface area (Å²) in [5.74, 6) is 0.452. The van der Waals surface area contributed by atoms with Crippen molar-refractivity contribution >= 4 is 39.4 Å². The zero-order chi connectivity index (χ0) is 24.1. The lowest BCUT2D eigenvalue weighted by molar-refractivity contribution is -0.130. The molecule has 1 saturated heterocycles. The minimum absolute atomic E-state index is 0.145. The van der Waals surface area contributed by atoms with Crippen LogP contribution in [0.2, 0.25) is 5.02 Å². The summed E-state index contributed by atoms with van der Waals surface area (Å²) in [5, 5.41) is 1.09. The number of methoxy groups -OCH3 is 1. The number of hydrogen-bond acceptors (Lipinski definition) is 4. The number of aryl methyl sites for hydroxylation is 2. The molecule has 2 aromatic heterocycles. The summed E-state index contributed by atoms with van der Waals surface area (Å²) in [6, 6.07) is 10.5. The van der Waals surface area contributed by atoms with E-state index in [0.717, 1.165) is 28.5 Å². The molecule has 34 heavy (non-hydrogen) atoms. The van der Waals surface area contributed by atoms with Crippen molar-refractivity contribution in [3.05, 3.63) is 67.8 Å². The van der Waals surface area contributed by atoms with Gasteiger partial charge in [0.25, 0.3) is 5.56 Å². The minimum Gasteiger partial charge on any atom is -0.497 e. The summed E-state index contributed by atoms with van der Waals surface area (Å²) >= 11 is 6.22. The van der Waals surface area contributed by atoms with Gasteiger partial charge < -0.3 is 14.2 Å². The number of aromatic nitrogens is 3. The van der Waals surface area contributed by atoms with Crippen LogP contribution < -0.4 is 16.0 Å². The van der Waals surface area contributed by atoms with Crippen molar-refractivity contribution < 1.29 is 9.53 Å². The largest absolute Gasteiger partial charge is 0.497 e. The molecule has 176 valence electrons. The molecule has 3 heterocycles. The molecule has 1 amide bonds. The monoisotopic (exact) mass is 480 g/mol. The molecular weight excluding hydrogens is 456 g/mol. The summed E-state index contributed by atoms with van der Waals surface area (Å²) in [6.45, 7) is 3.00. The highest BCUT2D eigenvalue weighted by Crippen LogP contribution is 2.29. The van der Waals surface area contributed by atoms with Gasteiger partial charge in [0.15, 0.2) is 0 Å². The summed E-state index contributed by atoms with van der Waals surface area (Å²) in [4.78, 5) is 42.6. The van der Waals surface area contributed by atoms with E-state index in [9.17, 15) is 14.4 Å². The summed E-state index contributed by atoms with van der Waals surface area (Å²) in [5.41, 5.74) is 1.59. The van der Waals surface area contributed by atoms with E-state index in [0.29, 0.717) is 46.0 Å². The molecule has 4 aromatic rings. The Morgan fingerprint density at radius 3 is 2.50 bits per heavy atom. The SMILES string of the molecule is COc1ccc2c(c1)c1c(c(=O)n(-c3cc(Cl)ccc3C)c(=O)n1CC(=O)N1CCCC1)n2C. The van der Waals surface area contributed by atoms with E-state index in [1.165, 1.54) is 4.57 Å². The van der Waals surface area contributed by atoms with E-state index in [2.05, 4.69) is 0 Å². The zero-order valence-electron chi connectivity index (χ0n) is 19.3. The van der Waals surface area contributed by atoms with Gasteiger partial charge in [0.2, 0.25) is 5.91 Å². The first-order chi connectivity index (χ1) is 16.3. The third-order valence-electron chi connectivity index (χ3n) is 6.64. The third kappa shape index (κ3) is 3.40. The summed E-state index contributed by atoms with van der Waals surface area (Å²) in [6.07, 6.45) is 1.89. The second kappa shape index (κ2) is 8.36. The van der Waals surface area contributed by atoms with Crippen molar-refractivity contribution in [3.8, 4) is 11.4 Å². The number of likely N-dealkylation sites (tertiary alicyclic amines) is 1. The van der Waals surface area contributed by atoms with E-state index < -0.39 is 11.2 Å². The van der Waals surface area contributed by atoms with Crippen LogP contribution in [0.15, 0.2) is 46.0 Å². The lowest BCUT2D eigenvalue weighted by Gasteiger charge is -2.18. The van der Waals surface area contributed by atoms with Gasteiger partial charge in [-0.2, -0.15) is 0 Å². The Kier molecular flexibility index (Phi) is 5.48. The van der Waals surface area contributed by atoms with E-state index in [1.807, 2.05) is 13.0 Å². The van der Waals surface area contributed by atoms with Gasteiger partial charge in [-0.15, -0.1) is 0 Å². The van der Waals surface area contributed by atoms with Gasteiger partial charge in [0.1, 0.15) is 17.8 Å². The molecule has 0 aliphatic carbocycles. The number of hydrogen-bond donors (Lipinski definition) is 0. The molecule has 0 radical (unpaired) electrons. The molecule has 1 fully saturated rings. The minimum atomic E-state index is -0.578. The Morgan fingerprint density at radius 1 is 1.06 bits per heavy atom. The van der Waals surface area contributed by atoms with Crippen LogP contribution in [0.4, 0.5) is 0 Å². The predicted molar refractivity (Wildman–Crippen MR) is 132 cm³/mol. The maximum atomic E-state index is 13.9. The van der Waals surface area contributed by atoms with E-state index in [4.69, 9.17) is 16.3 Å². The number of fused-ring (bicyclic) bond motifs is 3. The van der Waals surface area contributed by atoms with E-state index >= 15 is 0 Å². The van der Waals surface area contributed by atoms with Crippen LogP contribution in [0.25, 0.3) is 27.6 Å². The van der Waals surface area contributed by atoms with Gasteiger partial charge in [-0.1, -0.05) is 17.7 Å². The second-order valence-corrected chi connectivity index (χ2v) is 9.10. The zero-order valence-corrected chi connectivity index (χ0v) is 20.1. The molecule has 9 heteroatoms. The first-order valence-corrected chi connectivity index (χ1v) is 11.6. The molecule has 0 unspecified atom stereocenters. The molecule has 0 N–H and O–H groups in total. The fourth-order valence-corrected chi connectivity index (χ4v) is 5.01. The van der Waals surface area contributed by atoms with Crippen molar-refractivity contribution in [1.82, 2.24) is 18.6 Å². The topological polar surface area (TPSA) is 78.5 Å². The number of rotatable bonds is 4. The molecular formula is C25H25ClN4O4. The highest BCUT2D eigenvalue weighted by atomic mass is 35.5. The standard InChI is InChI=1S/C25H25ClN4O4/c1-15-6-7-16(26)12-20(15)30-24(32)23-22(18-13-17(34-3)8-9-19(18)27(23)2)29(25(30)33)14-21(31)28-10-4-5-11-28/h6-9,12-13H,4-5,10-11,14H2,1-3H3. The third-order valence-corrected chi connectivity index (χ3v) is 6.88. The number of ether oxygens (including phenoxy) is 1. The average Bonchev–Trinajstić information content (AvgIpc) is 3.46. The number of carbonyl (C=O) groups excluding carboxylic acids is 1. The van der Waals surface area contributed by atoms with Crippen LogP contribution in [0.3, 0.4) is 0 Å². The van der Waals surface area contributed by atoms with Crippen molar-refractivity contribution in [3.63, 3.8) is 0 Å². The van der Waals surface area contributed by atoms with Gasteiger partial charge in [0.05, 0.1) is 23.8 Å². The molecule has 1 aliphatic heterocycles. The van der Waals surface area contributed by atoms with E-state index in [-0.39, 0.29) is 12.5 Å². The molecule has 0 spiro atoms. The number of benzene rings is 2. The Balaban J connectivity index is 1.90. The van der Waals surface area contributed by atoms with Gasteiger partial charge in [0, 0.05) is 30.5 Å². The fraction of sp³-hybridized carbons (Fsp3) is 0.320. The molecule has 0 saturated carbocycles. The van der Waals surface area contributed by atoms with Crippen molar-refractivity contribution in [2.24, 2.45) is 7.05 Å². The number of halogens is 1. The average molecular weight is 481 g/mol. The highest BCUT2D eigenvalue weighted by molar-refractivity contribution is 6.30. The molecule has 2 aromatic carbocycles. The van der Waals surface area contributed by atoms with Crippen LogP contribution in [0.1, 0.15) is 18.4 Å². The molecule has 8 nitrogen and oxygen atoms in total. The lowest BCUT2D eigenvalue weighted by atomic mass is 10.2.